The number of nitrogens with zero attached hydrogens (tertiary/aromatic N) is 1. The van der Waals surface area contributed by atoms with Crippen LogP contribution < -0.4 is 0 Å². The van der Waals surface area contributed by atoms with E-state index in [1.165, 1.54) is 4.90 Å². The number of hydrogen-bond acceptors (Lipinski definition) is 6. The predicted octanol–water partition coefficient (Wildman–Crippen LogP) is 4.62. The first-order chi connectivity index (χ1) is 16.1. The van der Waals surface area contributed by atoms with Crippen LogP contribution in [0, 0.1) is 0 Å². The molecule has 0 aliphatic carbocycles. The van der Waals surface area contributed by atoms with Crippen LogP contribution >= 0.6 is 15.9 Å². The van der Waals surface area contributed by atoms with Crippen molar-refractivity contribution < 1.29 is 28.6 Å². The second-order valence-corrected chi connectivity index (χ2v) is 8.59. The standard InChI is InChI=1S/C25H28BrNO6/c26-14-8-7-13-23(28)33-21-15-22(24(29)31-17-19-9-3-1-4-10-19)27(16-21)25(30)32-18-20-11-5-2-6-12-20/h1-6,9-12,21-22H,7-8,13-18H2/t21-,22+/m1/s1. The number of esters is 2. The van der Waals surface area contributed by atoms with E-state index in [1.54, 1.807) is 0 Å². The van der Waals surface area contributed by atoms with Gasteiger partial charge in [0, 0.05) is 18.2 Å². The fourth-order valence-electron chi connectivity index (χ4n) is 3.54. The number of alkyl halides is 1. The lowest BCUT2D eigenvalue weighted by molar-refractivity contribution is -0.151. The zero-order valence-electron chi connectivity index (χ0n) is 18.4. The average Bonchev–Trinajstić information content (AvgIpc) is 3.26. The first-order valence-electron chi connectivity index (χ1n) is 11.0. The number of carbonyl (C=O) groups is 3. The van der Waals surface area contributed by atoms with Crippen molar-refractivity contribution in [2.75, 3.05) is 11.9 Å². The molecule has 33 heavy (non-hydrogen) atoms. The summed E-state index contributed by atoms with van der Waals surface area (Å²) in [7, 11) is 0. The van der Waals surface area contributed by atoms with Gasteiger partial charge in [0.2, 0.25) is 0 Å². The summed E-state index contributed by atoms with van der Waals surface area (Å²) >= 11 is 3.34. The van der Waals surface area contributed by atoms with Crippen LogP contribution in [0.1, 0.15) is 36.8 Å². The first kappa shape index (κ1) is 24.8. The first-order valence-corrected chi connectivity index (χ1v) is 12.1. The van der Waals surface area contributed by atoms with E-state index in [0.717, 1.165) is 22.9 Å². The Labute approximate surface area is 202 Å². The molecule has 0 unspecified atom stereocenters. The summed E-state index contributed by atoms with van der Waals surface area (Å²) in [6.45, 7) is 0.266. The third-order valence-corrected chi connectivity index (χ3v) is 5.82. The molecule has 2 atom stereocenters. The van der Waals surface area contributed by atoms with Gasteiger partial charge < -0.3 is 14.2 Å². The van der Waals surface area contributed by atoms with E-state index >= 15 is 0 Å². The molecule has 1 aliphatic rings. The van der Waals surface area contributed by atoms with Crippen LogP contribution in [0.25, 0.3) is 0 Å². The van der Waals surface area contributed by atoms with Crippen molar-refractivity contribution in [3.63, 3.8) is 0 Å². The van der Waals surface area contributed by atoms with Gasteiger partial charge in [0.25, 0.3) is 0 Å². The summed E-state index contributed by atoms with van der Waals surface area (Å²) in [5, 5.41) is 0.820. The predicted molar refractivity (Wildman–Crippen MR) is 126 cm³/mol. The number of hydrogen-bond donors (Lipinski definition) is 0. The van der Waals surface area contributed by atoms with Crippen LogP contribution in [0.2, 0.25) is 0 Å². The molecule has 1 heterocycles. The third-order valence-electron chi connectivity index (χ3n) is 5.26. The van der Waals surface area contributed by atoms with E-state index in [4.69, 9.17) is 14.2 Å². The molecule has 1 fully saturated rings. The Balaban J connectivity index is 1.61. The molecule has 1 saturated heterocycles. The lowest BCUT2D eigenvalue weighted by Crippen LogP contribution is -2.41. The molecular weight excluding hydrogens is 490 g/mol. The average molecular weight is 518 g/mol. The second-order valence-electron chi connectivity index (χ2n) is 7.80. The fraction of sp³-hybridized carbons (Fsp3) is 0.400. The quantitative estimate of drug-likeness (QED) is 0.198. The topological polar surface area (TPSA) is 82.1 Å². The minimum Gasteiger partial charge on any atom is -0.460 e. The van der Waals surface area contributed by atoms with Gasteiger partial charge in [-0.2, -0.15) is 0 Å². The number of amides is 1. The number of benzene rings is 2. The Morgan fingerprint density at radius 1 is 0.879 bits per heavy atom. The molecule has 2 aromatic carbocycles. The van der Waals surface area contributed by atoms with Gasteiger partial charge in [-0.05, 0) is 24.0 Å². The highest BCUT2D eigenvalue weighted by molar-refractivity contribution is 9.09. The van der Waals surface area contributed by atoms with Crippen LogP contribution in [-0.4, -0.2) is 47.0 Å². The summed E-state index contributed by atoms with van der Waals surface area (Å²) in [5.41, 5.74) is 1.68. The van der Waals surface area contributed by atoms with Gasteiger partial charge in [-0.25, -0.2) is 9.59 Å². The summed E-state index contributed by atoms with van der Waals surface area (Å²) in [5.74, 6) is -0.884. The van der Waals surface area contributed by atoms with Crippen molar-refractivity contribution >= 4 is 34.0 Å². The van der Waals surface area contributed by atoms with E-state index in [0.29, 0.717) is 12.8 Å². The molecule has 0 bridgehead atoms. The number of halogens is 1. The molecular formula is C25H28BrNO6. The number of unbranched alkanes of at least 4 members (excludes halogenated alkanes) is 1. The Morgan fingerprint density at radius 2 is 1.48 bits per heavy atom. The molecule has 0 N–H and O–H groups in total. The lowest BCUT2D eigenvalue weighted by atomic mass is 10.2. The monoisotopic (exact) mass is 517 g/mol. The Kier molecular flexibility index (Phi) is 9.75. The van der Waals surface area contributed by atoms with Gasteiger partial charge >= 0.3 is 18.0 Å². The molecule has 1 aliphatic heterocycles. The highest BCUT2D eigenvalue weighted by atomic mass is 79.9. The molecule has 0 saturated carbocycles. The lowest BCUT2D eigenvalue weighted by Gasteiger charge is -2.22. The van der Waals surface area contributed by atoms with Gasteiger partial charge in [0.05, 0.1) is 6.54 Å². The minimum atomic E-state index is -0.877. The zero-order chi connectivity index (χ0) is 23.5. The number of carbonyl (C=O) groups excluding carboxylic acids is 3. The molecule has 8 heteroatoms. The Bertz CT molecular complexity index is 844. The van der Waals surface area contributed by atoms with Crippen molar-refractivity contribution in [1.29, 1.82) is 0 Å². The van der Waals surface area contributed by atoms with E-state index < -0.39 is 24.2 Å². The maximum atomic E-state index is 12.8. The van der Waals surface area contributed by atoms with Crippen molar-refractivity contribution in [2.45, 2.75) is 51.0 Å². The van der Waals surface area contributed by atoms with Crippen LogP contribution in [0.4, 0.5) is 4.79 Å². The molecule has 176 valence electrons. The van der Waals surface area contributed by atoms with Crippen molar-refractivity contribution in [2.24, 2.45) is 0 Å². The third kappa shape index (κ3) is 7.89. The molecule has 0 radical (unpaired) electrons. The summed E-state index contributed by atoms with van der Waals surface area (Å²) < 4.78 is 16.4. The molecule has 0 aromatic heterocycles. The van der Waals surface area contributed by atoms with Gasteiger partial charge in [-0.3, -0.25) is 9.69 Å². The van der Waals surface area contributed by atoms with Crippen molar-refractivity contribution in [3.05, 3.63) is 71.8 Å². The molecule has 2 aromatic rings. The number of likely N-dealkylation sites (tertiary alicyclic amines) is 1. The minimum absolute atomic E-state index is 0.0823. The SMILES string of the molecule is O=C(CCCCBr)O[C@@H]1C[C@@H](C(=O)OCc2ccccc2)N(C(=O)OCc2ccccc2)C1. The summed E-state index contributed by atoms with van der Waals surface area (Å²) in [4.78, 5) is 39.1. The van der Waals surface area contributed by atoms with E-state index in [2.05, 4.69) is 15.9 Å². The van der Waals surface area contributed by atoms with Crippen molar-refractivity contribution in [3.8, 4) is 0 Å². The fourth-order valence-corrected chi connectivity index (χ4v) is 3.94. The Hall–Kier alpha value is -2.87. The smallest absolute Gasteiger partial charge is 0.410 e. The van der Waals surface area contributed by atoms with Gasteiger partial charge in [0.15, 0.2) is 0 Å². The number of ether oxygens (including phenoxy) is 3. The van der Waals surface area contributed by atoms with Gasteiger partial charge in [-0.1, -0.05) is 76.6 Å². The maximum absolute atomic E-state index is 12.8. The molecule has 0 spiro atoms. The summed E-state index contributed by atoms with van der Waals surface area (Å²) in [6.07, 6.45) is 0.828. The Morgan fingerprint density at radius 3 is 2.09 bits per heavy atom. The molecule has 3 rings (SSSR count). The van der Waals surface area contributed by atoms with E-state index in [1.807, 2.05) is 60.7 Å². The highest BCUT2D eigenvalue weighted by Gasteiger charge is 2.43. The van der Waals surface area contributed by atoms with Gasteiger partial charge in [-0.15, -0.1) is 0 Å². The second kappa shape index (κ2) is 13.0. The molecule has 7 nitrogen and oxygen atoms in total. The van der Waals surface area contributed by atoms with Crippen LogP contribution in [-0.2, 0) is 37.0 Å². The summed E-state index contributed by atoms with van der Waals surface area (Å²) in [6, 6.07) is 17.7. The largest absolute Gasteiger partial charge is 0.460 e. The van der Waals surface area contributed by atoms with Crippen LogP contribution in [0.3, 0.4) is 0 Å². The number of rotatable bonds is 10. The van der Waals surface area contributed by atoms with Gasteiger partial charge in [0.1, 0.15) is 25.4 Å². The van der Waals surface area contributed by atoms with Crippen molar-refractivity contribution in [1.82, 2.24) is 4.90 Å². The van der Waals surface area contributed by atoms with Crippen LogP contribution in [0.15, 0.2) is 60.7 Å². The zero-order valence-corrected chi connectivity index (χ0v) is 19.9. The van der Waals surface area contributed by atoms with E-state index in [-0.39, 0.29) is 32.1 Å². The maximum Gasteiger partial charge on any atom is 0.410 e. The van der Waals surface area contributed by atoms with Crippen LogP contribution in [0.5, 0.6) is 0 Å². The normalized spacial score (nSPS) is 17.4. The van der Waals surface area contributed by atoms with E-state index in [9.17, 15) is 14.4 Å². The molecule has 1 amide bonds. The highest BCUT2D eigenvalue weighted by Crippen LogP contribution is 2.24.